The van der Waals surface area contributed by atoms with Crippen LogP contribution in [0.4, 0.5) is 0 Å². The molecule has 2 aliphatic heterocycles. The van der Waals surface area contributed by atoms with E-state index in [1.165, 1.54) is 16.7 Å². The van der Waals surface area contributed by atoms with Gasteiger partial charge in [-0.25, -0.2) is 0 Å². The van der Waals surface area contributed by atoms with Gasteiger partial charge in [0.25, 0.3) is 0 Å². The van der Waals surface area contributed by atoms with Crippen LogP contribution >= 0.6 is 0 Å². The fourth-order valence-electron chi connectivity index (χ4n) is 3.44. The summed E-state index contributed by atoms with van der Waals surface area (Å²) < 4.78 is 0. The number of aliphatic imine (C=N–C) groups is 1. The number of rotatable bonds is 5. The summed E-state index contributed by atoms with van der Waals surface area (Å²) in [6.45, 7) is 8.92. The first-order valence-electron chi connectivity index (χ1n) is 9.10. The molecule has 136 valence electrons. The predicted molar refractivity (Wildman–Crippen MR) is 101 cm³/mol. The van der Waals surface area contributed by atoms with E-state index in [1.54, 1.807) is 0 Å². The summed E-state index contributed by atoms with van der Waals surface area (Å²) in [5.74, 6) is 1.32. The molecule has 0 amide bonds. The first kappa shape index (κ1) is 17.8. The van der Waals surface area contributed by atoms with Gasteiger partial charge in [0.2, 0.25) is 0 Å². The molecule has 4 N–H and O–H groups in total. The van der Waals surface area contributed by atoms with Crippen molar-refractivity contribution in [1.82, 2.24) is 15.7 Å². The lowest BCUT2D eigenvalue weighted by atomic mass is 9.96. The first-order chi connectivity index (χ1) is 12.1. The number of hydrogen-bond donors (Lipinski definition) is 3. The van der Waals surface area contributed by atoms with E-state index in [4.69, 9.17) is 10.6 Å². The van der Waals surface area contributed by atoms with Gasteiger partial charge in [-0.2, -0.15) is 10.1 Å². The highest BCUT2D eigenvalue weighted by molar-refractivity contribution is 5.80. The van der Waals surface area contributed by atoms with Crippen LogP contribution in [0.3, 0.4) is 0 Å². The lowest BCUT2D eigenvalue weighted by Crippen LogP contribution is -2.44. The number of nitrogens with two attached hydrogens (primary N) is 1. The molecule has 6 nitrogen and oxygen atoms in total. The van der Waals surface area contributed by atoms with E-state index < -0.39 is 0 Å². The van der Waals surface area contributed by atoms with Gasteiger partial charge in [0.05, 0.1) is 12.6 Å². The van der Waals surface area contributed by atoms with Gasteiger partial charge in [-0.1, -0.05) is 18.2 Å². The summed E-state index contributed by atoms with van der Waals surface area (Å²) in [6.07, 6.45) is 4.20. The van der Waals surface area contributed by atoms with Crippen molar-refractivity contribution in [3.63, 3.8) is 0 Å². The number of benzene rings is 1. The Morgan fingerprint density at radius 3 is 2.80 bits per heavy atom. The fraction of sp³-hybridized carbons (Fsp3) is 0.526. The minimum absolute atomic E-state index is 0.0448. The number of guanidine groups is 1. The van der Waals surface area contributed by atoms with Crippen molar-refractivity contribution in [2.75, 3.05) is 19.7 Å². The molecule has 6 heteroatoms. The van der Waals surface area contributed by atoms with Crippen molar-refractivity contribution in [1.29, 1.82) is 0 Å². The lowest BCUT2D eigenvalue weighted by Gasteiger charge is -2.32. The van der Waals surface area contributed by atoms with Crippen LogP contribution in [0.1, 0.15) is 42.5 Å². The van der Waals surface area contributed by atoms with Crippen molar-refractivity contribution in [3.8, 4) is 0 Å². The topological polar surface area (TPSA) is 74.9 Å². The van der Waals surface area contributed by atoms with Crippen molar-refractivity contribution < 1.29 is 4.84 Å². The molecule has 2 aliphatic rings. The average Bonchev–Trinajstić information content (AvgIpc) is 2.59. The Morgan fingerprint density at radius 1 is 1.32 bits per heavy atom. The largest absolute Gasteiger partial charge is 0.370 e. The van der Waals surface area contributed by atoms with Gasteiger partial charge < -0.3 is 16.4 Å². The van der Waals surface area contributed by atoms with E-state index in [0.717, 1.165) is 38.4 Å². The highest BCUT2D eigenvalue weighted by atomic mass is 16.7. The maximum Gasteiger partial charge on any atom is 0.195 e. The van der Waals surface area contributed by atoms with E-state index >= 15 is 0 Å². The molecule has 25 heavy (non-hydrogen) atoms. The first-order valence-corrected chi connectivity index (χ1v) is 9.10. The third kappa shape index (κ3) is 4.32. The minimum atomic E-state index is 0.0448. The zero-order chi connectivity index (χ0) is 17.8. The van der Waals surface area contributed by atoms with Gasteiger partial charge in [0, 0.05) is 19.1 Å². The highest BCUT2D eigenvalue weighted by Crippen LogP contribution is 2.24. The quantitative estimate of drug-likeness (QED) is 0.763. The molecule has 1 unspecified atom stereocenters. The maximum atomic E-state index is 6.04. The van der Waals surface area contributed by atoms with Crippen LogP contribution in [0.5, 0.6) is 0 Å². The average molecular weight is 343 g/mol. The van der Waals surface area contributed by atoms with Crippen molar-refractivity contribution in [2.24, 2.45) is 10.7 Å². The lowest BCUT2D eigenvalue weighted by molar-refractivity contribution is -0.166. The van der Waals surface area contributed by atoms with Crippen molar-refractivity contribution >= 4 is 5.96 Å². The third-order valence-electron chi connectivity index (χ3n) is 4.97. The minimum Gasteiger partial charge on any atom is -0.370 e. The molecule has 2 heterocycles. The molecule has 0 aliphatic carbocycles. The summed E-state index contributed by atoms with van der Waals surface area (Å²) in [4.78, 5) is 10.0. The third-order valence-corrected chi connectivity index (χ3v) is 4.97. The van der Waals surface area contributed by atoms with Crippen LogP contribution < -0.4 is 16.4 Å². The van der Waals surface area contributed by atoms with Gasteiger partial charge in [0.15, 0.2) is 5.96 Å². The molecule has 0 spiro atoms. The van der Waals surface area contributed by atoms with Crippen LogP contribution in [0.2, 0.25) is 0 Å². The number of nitrogens with zero attached hydrogens (tertiary/aromatic N) is 2. The number of hydrogen-bond acceptors (Lipinski definition) is 6. The summed E-state index contributed by atoms with van der Waals surface area (Å²) in [5.41, 5.74) is 9.85. The summed E-state index contributed by atoms with van der Waals surface area (Å²) >= 11 is 0. The van der Waals surface area contributed by atoms with E-state index in [2.05, 4.69) is 53.7 Å². The SMILES string of the molecule is CCON1CCC(NC2=CC(c3cccc(C)c3C)NC(N)=N2)CC1. The summed E-state index contributed by atoms with van der Waals surface area (Å²) in [6, 6.07) is 6.81. The number of piperidine rings is 1. The second kappa shape index (κ2) is 7.89. The van der Waals surface area contributed by atoms with Crippen LogP contribution in [-0.4, -0.2) is 36.8 Å². The van der Waals surface area contributed by atoms with Crippen molar-refractivity contribution in [3.05, 3.63) is 46.8 Å². The van der Waals surface area contributed by atoms with E-state index in [-0.39, 0.29) is 6.04 Å². The number of aryl methyl sites for hydroxylation is 1. The van der Waals surface area contributed by atoms with Crippen LogP contribution in [0.15, 0.2) is 35.1 Å². The highest BCUT2D eigenvalue weighted by Gasteiger charge is 2.23. The molecule has 1 aromatic rings. The monoisotopic (exact) mass is 343 g/mol. The molecule has 1 fully saturated rings. The molecule has 0 radical (unpaired) electrons. The fourth-order valence-corrected chi connectivity index (χ4v) is 3.44. The van der Waals surface area contributed by atoms with Gasteiger partial charge in [-0.3, -0.25) is 4.84 Å². The Labute approximate surface area is 150 Å². The Morgan fingerprint density at radius 2 is 2.08 bits per heavy atom. The zero-order valence-corrected chi connectivity index (χ0v) is 15.4. The smallest absolute Gasteiger partial charge is 0.195 e. The van der Waals surface area contributed by atoms with Crippen LogP contribution in [0, 0.1) is 13.8 Å². The van der Waals surface area contributed by atoms with E-state index in [1.807, 2.05) is 12.0 Å². The van der Waals surface area contributed by atoms with E-state index in [9.17, 15) is 0 Å². The standard InChI is InChI=1S/C19H29N5O/c1-4-25-24-10-8-15(9-11-24)21-18-12-17(22-19(20)23-18)16-7-5-6-13(2)14(16)3/h5-7,12,15,17,21H,4,8-11H2,1-3H3,(H3,20,22,23). The molecule has 0 aromatic heterocycles. The number of hydroxylamine groups is 2. The van der Waals surface area contributed by atoms with Gasteiger partial charge in [-0.05, 0) is 56.4 Å². The molecule has 1 aromatic carbocycles. The molecule has 1 atom stereocenters. The number of nitrogens with one attached hydrogen (secondary N) is 2. The summed E-state index contributed by atoms with van der Waals surface area (Å²) in [7, 11) is 0. The van der Waals surface area contributed by atoms with Crippen LogP contribution in [0.25, 0.3) is 0 Å². The Bertz CT molecular complexity index is 662. The molecule has 3 rings (SSSR count). The molecule has 0 saturated carbocycles. The Kier molecular flexibility index (Phi) is 5.60. The van der Waals surface area contributed by atoms with Crippen molar-refractivity contribution in [2.45, 2.75) is 45.7 Å². The molecule has 1 saturated heterocycles. The van der Waals surface area contributed by atoms with Gasteiger partial charge in [-0.15, -0.1) is 0 Å². The van der Waals surface area contributed by atoms with Gasteiger partial charge in [0.1, 0.15) is 5.82 Å². The molecular formula is C19H29N5O. The van der Waals surface area contributed by atoms with Gasteiger partial charge >= 0.3 is 0 Å². The second-order valence-electron chi connectivity index (χ2n) is 6.73. The maximum absolute atomic E-state index is 6.04. The van der Waals surface area contributed by atoms with E-state index in [0.29, 0.717) is 12.0 Å². The second-order valence-corrected chi connectivity index (χ2v) is 6.73. The zero-order valence-electron chi connectivity index (χ0n) is 15.4. The Hall–Kier alpha value is -2.05. The summed E-state index contributed by atoms with van der Waals surface area (Å²) in [5, 5.41) is 8.88. The normalized spacial score (nSPS) is 22.1. The Balaban J connectivity index is 1.68. The molecule has 0 bridgehead atoms. The molecular weight excluding hydrogens is 314 g/mol. The predicted octanol–water partition coefficient (Wildman–Crippen LogP) is 2.11. The van der Waals surface area contributed by atoms with Crippen LogP contribution in [-0.2, 0) is 4.84 Å².